The van der Waals surface area contributed by atoms with Crippen molar-refractivity contribution in [3.05, 3.63) is 66.9 Å². The minimum Gasteiger partial charge on any atom is -0.472 e. The summed E-state index contributed by atoms with van der Waals surface area (Å²) in [5, 5.41) is 0. The SMILES string of the molecule is O=C(c1ccoc1)N1CCN(CCn2ccnc2-c2ccccc2)CC1. The smallest absolute Gasteiger partial charge is 0.257 e. The molecule has 0 atom stereocenters. The van der Waals surface area contributed by atoms with Crippen molar-refractivity contribution in [3.63, 3.8) is 0 Å². The molecule has 1 saturated heterocycles. The number of carbonyl (C=O) groups is 1. The molecule has 0 bridgehead atoms. The van der Waals surface area contributed by atoms with Gasteiger partial charge in [0.2, 0.25) is 0 Å². The normalized spacial score (nSPS) is 15.3. The topological polar surface area (TPSA) is 54.5 Å². The lowest BCUT2D eigenvalue weighted by Gasteiger charge is -2.34. The molecule has 1 fully saturated rings. The molecule has 134 valence electrons. The van der Waals surface area contributed by atoms with Crippen molar-refractivity contribution in [1.29, 1.82) is 0 Å². The number of rotatable bonds is 5. The number of hydrogen-bond donors (Lipinski definition) is 0. The average molecular weight is 350 g/mol. The highest BCUT2D eigenvalue weighted by atomic mass is 16.3. The van der Waals surface area contributed by atoms with E-state index < -0.39 is 0 Å². The highest BCUT2D eigenvalue weighted by Gasteiger charge is 2.22. The Hall–Kier alpha value is -2.86. The van der Waals surface area contributed by atoms with E-state index in [1.807, 2.05) is 35.5 Å². The summed E-state index contributed by atoms with van der Waals surface area (Å²) in [5.41, 5.74) is 1.76. The van der Waals surface area contributed by atoms with E-state index in [4.69, 9.17) is 4.42 Å². The summed E-state index contributed by atoms with van der Waals surface area (Å²) in [6.07, 6.45) is 6.93. The molecule has 26 heavy (non-hydrogen) atoms. The van der Waals surface area contributed by atoms with Gasteiger partial charge in [0, 0.05) is 57.2 Å². The number of hydrogen-bond acceptors (Lipinski definition) is 4. The van der Waals surface area contributed by atoms with Gasteiger partial charge in [-0.2, -0.15) is 0 Å². The molecule has 0 radical (unpaired) electrons. The Morgan fingerprint density at radius 2 is 1.85 bits per heavy atom. The van der Waals surface area contributed by atoms with Crippen molar-refractivity contribution in [1.82, 2.24) is 19.4 Å². The van der Waals surface area contributed by atoms with Crippen LogP contribution >= 0.6 is 0 Å². The Morgan fingerprint density at radius 1 is 1.04 bits per heavy atom. The third-order valence-corrected chi connectivity index (χ3v) is 4.83. The van der Waals surface area contributed by atoms with E-state index >= 15 is 0 Å². The van der Waals surface area contributed by atoms with Crippen molar-refractivity contribution >= 4 is 5.91 Å². The molecule has 1 aliphatic heterocycles. The van der Waals surface area contributed by atoms with Crippen LogP contribution < -0.4 is 0 Å². The van der Waals surface area contributed by atoms with E-state index in [1.165, 1.54) is 6.26 Å². The monoisotopic (exact) mass is 350 g/mol. The van der Waals surface area contributed by atoms with Crippen molar-refractivity contribution in [2.45, 2.75) is 6.54 Å². The fourth-order valence-electron chi connectivity index (χ4n) is 3.33. The summed E-state index contributed by atoms with van der Waals surface area (Å²) >= 11 is 0. The zero-order chi connectivity index (χ0) is 17.8. The molecule has 3 aromatic rings. The summed E-state index contributed by atoms with van der Waals surface area (Å²) in [6, 6.07) is 12.0. The molecule has 0 unspecified atom stereocenters. The molecule has 1 aromatic carbocycles. The Balaban J connectivity index is 1.31. The average Bonchev–Trinajstić information content (AvgIpc) is 3.39. The van der Waals surface area contributed by atoms with Crippen LogP contribution in [0.15, 0.2) is 65.7 Å². The highest BCUT2D eigenvalue weighted by molar-refractivity contribution is 5.93. The van der Waals surface area contributed by atoms with Crippen molar-refractivity contribution < 1.29 is 9.21 Å². The summed E-state index contributed by atoms with van der Waals surface area (Å²) in [5.74, 6) is 1.05. The van der Waals surface area contributed by atoms with E-state index in [0.29, 0.717) is 5.56 Å². The number of carbonyl (C=O) groups excluding carboxylic acids is 1. The van der Waals surface area contributed by atoms with Gasteiger partial charge in [0.15, 0.2) is 0 Å². The van der Waals surface area contributed by atoms with Crippen LogP contribution in [0.4, 0.5) is 0 Å². The number of amides is 1. The van der Waals surface area contributed by atoms with Crippen LogP contribution in [0.3, 0.4) is 0 Å². The maximum absolute atomic E-state index is 12.3. The molecule has 0 spiro atoms. The van der Waals surface area contributed by atoms with Crippen molar-refractivity contribution in [2.24, 2.45) is 0 Å². The second-order valence-corrected chi connectivity index (χ2v) is 6.46. The Kier molecular flexibility index (Phi) is 4.84. The summed E-state index contributed by atoms with van der Waals surface area (Å²) in [6.45, 7) is 5.11. The first-order chi connectivity index (χ1) is 12.8. The predicted molar refractivity (Wildman–Crippen MR) is 98.7 cm³/mol. The first kappa shape index (κ1) is 16.6. The molecule has 6 nitrogen and oxygen atoms in total. The fourth-order valence-corrected chi connectivity index (χ4v) is 3.33. The highest BCUT2D eigenvalue weighted by Crippen LogP contribution is 2.17. The van der Waals surface area contributed by atoms with Gasteiger partial charge in [0.25, 0.3) is 5.91 Å². The van der Waals surface area contributed by atoms with Crippen molar-refractivity contribution in [2.75, 3.05) is 32.7 Å². The summed E-state index contributed by atoms with van der Waals surface area (Å²) in [4.78, 5) is 21.1. The Bertz CT molecular complexity index is 834. The van der Waals surface area contributed by atoms with E-state index in [1.54, 1.807) is 12.3 Å². The van der Waals surface area contributed by atoms with E-state index in [0.717, 1.165) is 50.7 Å². The van der Waals surface area contributed by atoms with E-state index in [2.05, 4.69) is 26.6 Å². The van der Waals surface area contributed by atoms with Gasteiger partial charge in [-0.3, -0.25) is 9.69 Å². The quantitative estimate of drug-likeness (QED) is 0.710. The van der Waals surface area contributed by atoms with Gasteiger partial charge in [-0.25, -0.2) is 4.98 Å². The molecule has 1 aliphatic rings. The van der Waals surface area contributed by atoms with Gasteiger partial charge in [0.05, 0.1) is 11.8 Å². The second kappa shape index (κ2) is 7.58. The van der Waals surface area contributed by atoms with Gasteiger partial charge < -0.3 is 13.9 Å². The van der Waals surface area contributed by atoms with Crippen LogP contribution in [0.2, 0.25) is 0 Å². The number of imidazole rings is 1. The summed E-state index contributed by atoms with van der Waals surface area (Å²) in [7, 11) is 0. The zero-order valence-electron chi connectivity index (χ0n) is 14.6. The van der Waals surface area contributed by atoms with Gasteiger partial charge in [-0.05, 0) is 6.07 Å². The number of piperazine rings is 1. The van der Waals surface area contributed by atoms with E-state index in [-0.39, 0.29) is 5.91 Å². The van der Waals surface area contributed by atoms with Crippen molar-refractivity contribution in [3.8, 4) is 11.4 Å². The number of benzene rings is 1. The Morgan fingerprint density at radius 3 is 2.58 bits per heavy atom. The second-order valence-electron chi connectivity index (χ2n) is 6.46. The fraction of sp³-hybridized carbons (Fsp3) is 0.300. The van der Waals surface area contributed by atoms with Crippen LogP contribution in [0.1, 0.15) is 10.4 Å². The standard InChI is InChI=1S/C20H22N4O2/c25-20(18-6-15-26-16-18)24-13-10-22(11-14-24)9-12-23-8-7-21-19(23)17-4-2-1-3-5-17/h1-8,15-16H,9-14H2. The molecule has 6 heteroatoms. The third-order valence-electron chi connectivity index (χ3n) is 4.83. The third kappa shape index (κ3) is 3.55. The van der Waals surface area contributed by atoms with Crippen LogP contribution in [0.25, 0.3) is 11.4 Å². The maximum Gasteiger partial charge on any atom is 0.257 e. The first-order valence-corrected chi connectivity index (χ1v) is 8.91. The predicted octanol–water partition coefficient (Wildman–Crippen LogP) is 2.60. The lowest BCUT2D eigenvalue weighted by molar-refractivity contribution is 0.0632. The van der Waals surface area contributed by atoms with Crippen LogP contribution in [-0.4, -0.2) is 58.0 Å². The molecule has 0 aliphatic carbocycles. The first-order valence-electron chi connectivity index (χ1n) is 8.91. The van der Waals surface area contributed by atoms with Gasteiger partial charge in [-0.15, -0.1) is 0 Å². The maximum atomic E-state index is 12.3. The summed E-state index contributed by atoms with van der Waals surface area (Å²) < 4.78 is 7.20. The number of furan rings is 1. The molecule has 2 aromatic heterocycles. The van der Waals surface area contributed by atoms with Gasteiger partial charge >= 0.3 is 0 Å². The molecule has 0 N–H and O–H groups in total. The largest absolute Gasteiger partial charge is 0.472 e. The molecule has 3 heterocycles. The van der Waals surface area contributed by atoms with Crippen LogP contribution in [0, 0.1) is 0 Å². The molecule has 1 amide bonds. The lowest BCUT2D eigenvalue weighted by atomic mass is 10.2. The van der Waals surface area contributed by atoms with Gasteiger partial charge in [-0.1, -0.05) is 30.3 Å². The lowest BCUT2D eigenvalue weighted by Crippen LogP contribution is -2.49. The zero-order valence-corrected chi connectivity index (χ0v) is 14.6. The van der Waals surface area contributed by atoms with E-state index in [9.17, 15) is 4.79 Å². The minimum atomic E-state index is 0.0550. The van der Waals surface area contributed by atoms with Gasteiger partial charge in [0.1, 0.15) is 12.1 Å². The van der Waals surface area contributed by atoms with Crippen LogP contribution in [-0.2, 0) is 6.54 Å². The number of nitrogens with zero attached hydrogens (tertiary/aromatic N) is 4. The molecular weight excluding hydrogens is 328 g/mol. The molecule has 4 rings (SSSR count). The Labute approximate surface area is 152 Å². The number of aromatic nitrogens is 2. The van der Waals surface area contributed by atoms with Crippen LogP contribution in [0.5, 0.6) is 0 Å². The molecular formula is C20H22N4O2. The minimum absolute atomic E-state index is 0.0550. The molecule has 0 saturated carbocycles.